The number of pyridine rings is 1. The number of amides is 1. The number of thiazole rings is 1. The number of imidazole rings is 1. The molecule has 1 atom stereocenters. The second kappa shape index (κ2) is 9.11. The van der Waals surface area contributed by atoms with Crippen molar-refractivity contribution in [2.75, 3.05) is 20.2 Å². The largest absolute Gasteiger partial charge is 0.496 e. The van der Waals surface area contributed by atoms with Gasteiger partial charge in [-0.3, -0.25) is 18.9 Å². The Bertz CT molecular complexity index is 1380. The molecule has 5 heterocycles. The first-order valence-electron chi connectivity index (χ1n) is 11.2. The number of furan rings is 1. The van der Waals surface area contributed by atoms with Crippen LogP contribution in [0.25, 0.3) is 4.96 Å². The Morgan fingerprint density at radius 1 is 1.35 bits per heavy atom. The molecule has 34 heavy (non-hydrogen) atoms. The SMILES string of the molecule is COc1cc(=O)n2c(c1C(=O)N[C@H](C)c1ccco1)CCN(Cc1c(C)nc3sccn13)CC2. The Balaban J connectivity index is 1.42. The molecule has 1 aliphatic heterocycles. The highest BCUT2D eigenvalue weighted by molar-refractivity contribution is 7.15. The van der Waals surface area contributed by atoms with E-state index in [1.54, 1.807) is 28.2 Å². The number of fused-ring (bicyclic) bond motifs is 2. The Labute approximate surface area is 200 Å². The number of ether oxygens (including phenoxy) is 1. The van der Waals surface area contributed by atoms with Crippen LogP contribution >= 0.6 is 11.3 Å². The zero-order chi connectivity index (χ0) is 23.8. The molecule has 0 unspecified atom stereocenters. The third-order valence-electron chi connectivity index (χ3n) is 6.39. The zero-order valence-electron chi connectivity index (χ0n) is 19.4. The minimum absolute atomic E-state index is 0.162. The van der Waals surface area contributed by atoms with Gasteiger partial charge in [0.05, 0.1) is 30.8 Å². The number of aromatic nitrogens is 3. The lowest BCUT2D eigenvalue weighted by atomic mass is 10.1. The molecule has 0 aromatic carbocycles. The van der Waals surface area contributed by atoms with Crippen LogP contribution in [0.15, 0.2) is 45.3 Å². The summed E-state index contributed by atoms with van der Waals surface area (Å²) < 4.78 is 14.7. The molecular formula is C24H27N5O4S. The maximum atomic E-state index is 13.4. The number of carbonyl (C=O) groups excluding carboxylic acids is 1. The van der Waals surface area contributed by atoms with E-state index in [4.69, 9.17) is 9.15 Å². The van der Waals surface area contributed by atoms with Crippen molar-refractivity contribution in [3.8, 4) is 5.75 Å². The standard InChI is InChI=1S/C24H27N5O4S/c1-15-18(29-10-12-34-24(29)26-15)14-27-7-6-17-22(20(32-3)13-21(30)28(17)9-8-27)23(31)25-16(2)19-5-4-11-33-19/h4-5,10-13,16H,6-9,14H2,1-3H3,(H,25,31)/t16-/m1/s1. The van der Waals surface area contributed by atoms with E-state index in [1.807, 2.05) is 31.5 Å². The maximum Gasteiger partial charge on any atom is 0.257 e. The number of rotatable bonds is 6. The molecule has 0 fully saturated rings. The van der Waals surface area contributed by atoms with Crippen LogP contribution in [-0.4, -0.2) is 45.0 Å². The molecule has 4 aromatic rings. The first-order valence-corrected chi connectivity index (χ1v) is 12.1. The number of hydrogen-bond donors (Lipinski definition) is 1. The maximum absolute atomic E-state index is 13.4. The van der Waals surface area contributed by atoms with E-state index < -0.39 is 0 Å². The van der Waals surface area contributed by atoms with Crippen LogP contribution in [0.4, 0.5) is 0 Å². The molecule has 178 valence electrons. The van der Waals surface area contributed by atoms with Gasteiger partial charge in [0.25, 0.3) is 11.5 Å². The summed E-state index contributed by atoms with van der Waals surface area (Å²) in [5.41, 5.74) is 3.10. The summed E-state index contributed by atoms with van der Waals surface area (Å²) in [6, 6.07) is 4.69. The fourth-order valence-electron chi connectivity index (χ4n) is 4.58. The van der Waals surface area contributed by atoms with Crippen LogP contribution in [0, 0.1) is 6.92 Å². The molecule has 10 heteroatoms. The predicted molar refractivity (Wildman–Crippen MR) is 129 cm³/mol. The molecule has 0 radical (unpaired) electrons. The average Bonchev–Trinajstić information content (AvgIpc) is 3.52. The lowest BCUT2D eigenvalue weighted by molar-refractivity contribution is 0.0930. The topological polar surface area (TPSA) is 94.0 Å². The summed E-state index contributed by atoms with van der Waals surface area (Å²) in [6.07, 6.45) is 4.17. The average molecular weight is 482 g/mol. The summed E-state index contributed by atoms with van der Waals surface area (Å²) in [5.74, 6) is 0.665. The van der Waals surface area contributed by atoms with Crippen LogP contribution in [0.5, 0.6) is 5.75 Å². The second-order valence-corrected chi connectivity index (χ2v) is 9.33. The van der Waals surface area contributed by atoms with Gasteiger partial charge in [-0.2, -0.15) is 0 Å². The van der Waals surface area contributed by atoms with Crippen molar-refractivity contribution in [3.63, 3.8) is 0 Å². The highest BCUT2D eigenvalue weighted by atomic mass is 32.1. The van der Waals surface area contributed by atoms with Gasteiger partial charge in [0.1, 0.15) is 17.1 Å². The molecule has 4 aromatic heterocycles. The van der Waals surface area contributed by atoms with Crippen molar-refractivity contribution >= 4 is 22.2 Å². The molecule has 0 saturated carbocycles. The molecular weight excluding hydrogens is 454 g/mol. The number of carbonyl (C=O) groups is 1. The molecule has 0 bridgehead atoms. The van der Waals surface area contributed by atoms with Gasteiger partial charge in [-0.1, -0.05) is 0 Å². The van der Waals surface area contributed by atoms with E-state index in [0.717, 1.165) is 22.9 Å². The quantitative estimate of drug-likeness (QED) is 0.455. The first-order chi connectivity index (χ1) is 16.5. The van der Waals surface area contributed by atoms with Crippen LogP contribution in [0.1, 0.15) is 46.2 Å². The summed E-state index contributed by atoms with van der Waals surface area (Å²) in [6.45, 7) is 6.51. The number of hydrogen-bond acceptors (Lipinski definition) is 7. The smallest absolute Gasteiger partial charge is 0.257 e. The third kappa shape index (κ3) is 4.03. The van der Waals surface area contributed by atoms with E-state index in [2.05, 4.69) is 19.6 Å². The van der Waals surface area contributed by atoms with E-state index in [0.29, 0.717) is 48.8 Å². The lowest BCUT2D eigenvalue weighted by Crippen LogP contribution is -2.32. The van der Waals surface area contributed by atoms with Crippen molar-refractivity contribution in [1.82, 2.24) is 24.2 Å². The molecule has 0 saturated heterocycles. The van der Waals surface area contributed by atoms with Crippen molar-refractivity contribution in [1.29, 1.82) is 0 Å². The molecule has 0 spiro atoms. The third-order valence-corrected chi connectivity index (χ3v) is 7.14. The van der Waals surface area contributed by atoms with Gasteiger partial charge >= 0.3 is 0 Å². The Kier molecular flexibility index (Phi) is 6.01. The molecule has 0 aliphatic carbocycles. The number of methoxy groups -OCH3 is 1. The summed E-state index contributed by atoms with van der Waals surface area (Å²) >= 11 is 1.62. The minimum atomic E-state index is -0.320. The molecule has 9 nitrogen and oxygen atoms in total. The summed E-state index contributed by atoms with van der Waals surface area (Å²) in [4.78, 5) is 34.2. The van der Waals surface area contributed by atoms with Crippen molar-refractivity contribution < 1.29 is 13.9 Å². The van der Waals surface area contributed by atoms with Crippen LogP contribution in [0.3, 0.4) is 0 Å². The highest BCUT2D eigenvalue weighted by Gasteiger charge is 2.27. The predicted octanol–water partition coefficient (Wildman–Crippen LogP) is 3.02. The Hall–Kier alpha value is -3.37. The monoisotopic (exact) mass is 481 g/mol. The molecule has 1 aliphatic rings. The van der Waals surface area contributed by atoms with Gasteiger partial charge in [-0.25, -0.2) is 4.98 Å². The molecule has 5 rings (SSSR count). The summed E-state index contributed by atoms with van der Waals surface area (Å²) in [7, 11) is 1.48. The number of aryl methyl sites for hydroxylation is 1. The summed E-state index contributed by atoms with van der Waals surface area (Å²) in [5, 5.41) is 5.02. The normalized spacial score (nSPS) is 15.1. The van der Waals surface area contributed by atoms with E-state index in [-0.39, 0.29) is 17.5 Å². The van der Waals surface area contributed by atoms with Gasteiger partial charge in [0, 0.05) is 55.9 Å². The van der Waals surface area contributed by atoms with Gasteiger partial charge in [-0.05, 0) is 26.0 Å². The molecule has 1 amide bonds. The minimum Gasteiger partial charge on any atom is -0.496 e. The van der Waals surface area contributed by atoms with Gasteiger partial charge in [0.15, 0.2) is 4.96 Å². The lowest BCUT2D eigenvalue weighted by Gasteiger charge is -2.19. The van der Waals surface area contributed by atoms with E-state index >= 15 is 0 Å². The van der Waals surface area contributed by atoms with E-state index in [9.17, 15) is 9.59 Å². The van der Waals surface area contributed by atoms with Crippen LogP contribution in [0.2, 0.25) is 0 Å². The second-order valence-electron chi connectivity index (χ2n) is 8.46. The number of nitrogens with zero attached hydrogens (tertiary/aromatic N) is 4. The fraction of sp³-hybridized carbons (Fsp3) is 0.375. The van der Waals surface area contributed by atoms with Crippen molar-refractivity contribution in [3.05, 3.63) is 74.8 Å². The van der Waals surface area contributed by atoms with Crippen LogP contribution in [-0.2, 0) is 19.5 Å². The fourth-order valence-corrected chi connectivity index (χ4v) is 5.36. The van der Waals surface area contributed by atoms with E-state index in [1.165, 1.54) is 13.2 Å². The van der Waals surface area contributed by atoms with Crippen molar-refractivity contribution in [2.45, 2.75) is 39.4 Å². The van der Waals surface area contributed by atoms with Crippen molar-refractivity contribution in [2.24, 2.45) is 0 Å². The molecule has 1 N–H and O–H groups in total. The zero-order valence-corrected chi connectivity index (χ0v) is 20.2. The van der Waals surface area contributed by atoms with Gasteiger partial charge in [0.2, 0.25) is 0 Å². The number of nitrogens with one attached hydrogen (secondary N) is 1. The van der Waals surface area contributed by atoms with Gasteiger partial charge in [-0.15, -0.1) is 11.3 Å². The highest BCUT2D eigenvalue weighted by Crippen LogP contribution is 2.25. The first kappa shape index (κ1) is 22.4. The Morgan fingerprint density at radius 3 is 2.97 bits per heavy atom. The van der Waals surface area contributed by atoms with Crippen LogP contribution < -0.4 is 15.6 Å². The Morgan fingerprint density at radius 2 is 2.21 bits per heavy atom. The van der Waals surface area contributed by atoms with Gasteiger partial charge < -0.3 is 19.0 Å².